The number of aromatic nitrogens is 3. The van der Waals surface area contributed by atoms with Gasteiger partial charge in [-0.25, -0.2) is 4.98 Å². The van der Waals surface area contributed by atoms with Crippen LogP contribution in [0.25, 0.3) is 22.2 Å². The van der Waals surface area contributed by atoms with Gasteiger partial charge in [0.2, 0.25) is 5.91 Å². The van der Waals surface area contributed by atoms with Crippen LogP contribution in [0.1, 0.15) is 12.8 Å². The highest BCUT2D eigenvalue weighted by atomic mass is 16.2. The van der Waals surface area contributed by atoms with Crippen molar-refractivity contribution < 1.29 is 4.79 Å². The van der Waals surface area contributed by atoms with Gasteiger partial charge >= 0.3 is 0 Å². The number of nitrogens with one attached hydrogen (secondary N) is 2. The number of amides is 1. The Morgan fingerprint density at radius 2 is 2.19 bits per heavy atom. The monoisotopic (exact) mass is 278 g/mol. The van der Waals surface area contributed by atoms with Crippen molar-refractivity contribution in [1.29, 1.82) is 0 Å². The van der Waals surface area contributed by atoms with Crippen molar-refractivity contribution in [3.8, 4) is 11.1 Å². The maximum Gasteiger partial charge on any atom is 0.228 e. The normalized spacial score (nSPS) is 14.3. The van der Waals surface area contributed by atoms with Crippen LogP contribution in [0.4, 0.5) is 5.82 Å². The van der Waals surface area contributed by atoms with Crippen molar-refractivity contribution >= 4 is 22.8 Å². The lowest BCUT2D eigenvalue weighted by molar-refractivity contribution is -0.117. The molecule has 1 aliphatic rings. The van der Waals surface area contributed by atoms with E-state index in [1.807, 2.05) is 36.7 Å². The van der Waals surface area contributed by atoms with Crippen LogP contribution >= 0.6 is 0 Å². The molecule has 0 saturated heterocycles. The van der Waals surface area contributed by atoms with Crippen LogP contribution in [0.5, 0.6) is 0 Å². The van der Waals surface area contributed by atoms with Crippen molar-refractivity contribution in [1.82, 2.24) is 15.0 Å². The van der Waals surface area contributed by atoms with Crippen LogP contribution in [0, 0.1) is 5.92 Å². The highest BCUT2D eigenvalue weighted by molar-refractivity contribution is 5.97. The second-order valence-corrected chi connectivity index (χ2v) is 5.30. The van der Waals surface area contributed by atoms with Crippen LogP contribution in [-0.2, 0) is 4.79 Å². The molecule has 5 nitrogen and oxygen atoms in total. The maximum absolute atomic E-state index is 11.8. The van der Waals surface area contributed by atoms with Gasteiger partial charge in [0.25, 0.3) is 0 Å². The van der Waals surface area contributed by atoms with Gasteiger partial charge < -0.3 is 10.3 Å². The quantitative estimate of drug-likeness (QED) is 0.773. The average Bonchev–Trinajstić information content (AvgIpc) is 3.28. The molecule has 0 aliphatic heterocycles. The van der Waals surface area contributed by atoms with Gasteiger partial charge in [-0.15, -0.1) is 0 Å². The van der Waals surface area contributed by atoms with Crippen molar-refractivity contribution in [3.05, 3.63) is 42.9 Å². The Balaban J connectivity index is 1.68. The van der Waals surface area contributed by atoms with Crippen LogP contribution in [0.3, 0.4) is 0 Å². The molecule has 1 amide bonds. The molecule has 3 heterocycles. The fourth-order valence-corrected chi connectivity index (χ4v) is 2.41. The number of hydrogen-bond acceptors (Lipinski definition) is 3. The van der Waals surface area contributed by atoms with E-state index in [1.54, 1.807) is 6.20 Å². The van der Waals surface area contributed by atoms with Crippen molar-refractivity contribution in [2.45, 2.75) is 12.8 Å². The van der Waals surface area contributed by atoms with E-state index in [9.17, 15) is 4.79 Å². The summed E-state index contributed by atoms with van der Waals surface area (Å²) in [5.41, 5.74) is 2.87. The fraction of sp³-hybridized carbons (Fsp3) is 0.188. The van der Waals surface area contributed by atoms with E-state index in [-0.39, 0.29) is 11.8 Å². The maximum atomic E-state index is 11.8. The molecule has 21 heavy (non-hydrogen) atoms. The molecule has 4 rings (SSSR count). The van der Waals surface area contributed by atoms with Gasteiger partial charge in [-0.2, -0.15) is 0 Å². The minimum absolute atomic E-state index is 0.0703. The Labute approximate surface area is 121 Å². The third-order valence-corrected chi connectivity index (χ3v) is 3.71. The first-order valence-corrected chi connectivity index (χ1v) is 7.00. The number of anilines is 1. The Hall–Kier alpha value is -2.69. The number of aromatic amines is 1. The Kier molecular flexibility index (Phi) is 2.70. The van der Waals surface area contributed by atoms with Gasteiger partial charge in [0.15, 0.2) is 0 Å². The number of H-pyrrole nitrogens is 1. The molecule has 0 atom stereocenters. The van der Waals surface area contributed by atoms with Crippen LogP contribution in [0.15, 0.2) is 42.9 Å². The molecule has 104 valence electrons. The number of pyridine rings is 2. The van der Waals surface area contributed by atoms with Crippen LogP contribution in [0.2, 0.25) is 0 Å². The summed E-state index contributed by atoms with van der Waals surface area (Å²) in [6.07, 6.45) is 7.47. The van der Waals surface area contributed by atoms with Crippen molar-refractivity contribution in [3.63, 3.8) is 0 Å². The fourth-order valence-electron chi connectivity index (χ4n) is 2.41. The molecular formula is C16H14N4O. The van der Waals surface area contributed by atoms with Crippen molar-refractivity contribution in [2.75, 3.05) is 5.32 Å². The second-order valence-electron chi connectivity index (χ2n) is 5.30. The molecule has 3 aromatic heterocycles. The molecular weight excluding hydrogens is 264 g/mol. The number of rotatable bonds is 3. The zero-order valence-corrected chi connectivity index (χ0v) is 11.3. The Morgan fingerprint density at radius 3 is 2.95 bits per heavy atom. The summed E-state index contributed by atoms with van der Waals surface area (Å²) in [7, 11) is 0. The lowest BCUT2D eigenvalue weighted by Crippen LogP contribution is -2.14. The summed E-state index contributed by atoms with van der Waals surface area (Å²) in [6.45, 7) is 0. The number of hydrogen-bond donors (Lipinski definition) is 2. The molecule has 3 aromatic rings. The standard InChI is InChI=1S/C16H14N4O/c21-16(10-3-4-10)20-14-6-5-12-13(9-18-15(12)19-14)11-2-1-7-17-8-11/h1-2,5-10H,3-4H2,(H2,18,19,20,21). The largest absolute Gasteiger partial charge is 0.345 e. The summed E-state index contributed by atoms with van der Waals surface area (Å²) >= 11 is 0. The van der Waals surface area contributed by atoms with Gasteiger partial charge in [-0.05, 0) is 31.0 Å². The molecule has 0 aromatic carbocycles. The number of carbonyl (C=O) groups is 1. The third kappa shape index (κ3) is 2.27. The Bertz CT molecular complexity index is 806. The summed E-state index contributed by atoms with van der Waals surface area (Å²) in [5, 5.41) is 3.88. The third-order valence-electron chi connectivity index (χ3n) is 3.71. The summed E-state index contributed by atoms with van der Waals surface area (Å²) in [5.74, 6) is 0.844. The van der Waals surface area contributed by atoms with E-state index in [0.717, 1.165) is 35.0 Å². The van der Waals surface area contributed by atoms with Gasteiger partial charge in [0.05, 0.1) is 0 Å². The summed E-state index contributed by atoms with van der Waals surface area (Å²) in [4.78, 5) is 23.5. The number of carbonyl (C=O) groups excluding carboxylic acids is 1. The first kappa shape index (κ1) is 12.1. The van der Waals surface area contributed by atoms with E-state index in [0.29, 0.717) is 5.82 Å². The molecule has 1 saturated carbocycles. The molecule has 0 unspecified atom stereocenters. The smallest absolute Gasteiger partial charge is 0.228 e. The van der Waals surface area contributed by atoms with E-state index < -0.39 is 0 Å². The summed E-state index contributed by atoms with van der Waals surface area (Å²) < 4.78 is 0. The summed E-state index contributed by atoms with van der Waals surface area (Å²) in [6, 6.07) is 7.74. The van der Waals surface area contributed by atoms with Crippen LogP contribution < -0.4 is 5.32 Å². The molecule has 0 spiro atoms. The van der Waals surface area contributed by atoms with E-state index >= 15 is 0 Å². The first-order valence-electron chi connectivity index (χ1n) is 7.00. The molecule has 5 heteroatoms. The minimum atomic E-state index is 0.0703. The van der Waals surface area contributed by atoms with Crippen molar-refractivity contribution in [2.24, 2.45) is 5.92 Å². The first-order chi connectivity index (χ1) is 10.3. The lowest BCUT2D eigenvalue weighted by atomic mass is 10.1. The SMILES string of the molecule is O=C(Nc1ccc2c(-c3cccnc3)c[nH]c2n1)C1CC1. The van der Waals surface area contributed by atoms with Gasteiger partial charge in [0, 0.05) is 41.0 Å². The topological polar surface area (TPSA) is 70.7 Å². The van der Waals surface area contributed by atoms with Gasteiger partial charge in [0.1, 0.15) is 11.5 Å². The molecule has 0 radical (unpaired) electrons. The van der Waals surface area contributed by atoms with E-state index in [4.69, 9.17) is 0 Å². The Morgan fingerprint density at radius 1 is 1.29 bits per heavy atom. The number of nitrogens with zero attached hydrogens (tertiary/aromatic N) is 2. The number of fused-ring (bicyclic) bond motifs is 1. The zero-order valence-electron chi connectivity index (χ0n) is 11.3. The average molecular weight is 278 g/mol. The van der Waals surface area contributed by atoms with Gasteiger partial charge in [-0.1, -0.05) is 6.07 Å². The molecule has 1 fully saturated rings. The van der Waals surface area contributed by atoms with E-state index in [2.05, 4.69) is 20.3 Å². The van der Waals surface area contributed by atoms with E-state index in [1.165, 1.54) is 0 Å². The lowest BCUT2D eigenvalue weighted by Gasteiger charge is -2.03. The van der Waals surface area contributed by atoms with Crippen LogP contribution in [-0.4, -0.2) is 20.9 Å². The zero-order chi connectivity index (χ0) is 14.2. The predicted molar refractivity (Wildman–Crippen MR) is 80.7 cm³/mol. The minimum Gasteiger partial charge on any atom is -0.345 e. The van der Waals surface area contributed by atoms with Gasteiger partial charge in [-0.3, -0.25) is 9.78 Å². The second kappa shape index (κ2) is 4.70. The molecule has 0 bridgehead atoms. The highest BCUT2D eigenvalue weighted by Crippen LogP contribution is 2.31. The highest BCUT2D eigenvalue weighted by Gasteiger charge is 2.29. The molecule has 2 N–H and O–H groups in total. The molecule has 1 aliphatic carbocycles. The predicted octanol–water partition coefficient (Wildman–Crippen LogP) is 2.97.